The Labute approximate surface area is 128 Å². The van der Waals surface area contributed by atoms with Gasteiger partial charge in [-0.1, -0.05) is 12.1 Å². The van der Waals surface area contributed by atoms with Crippen molar-refractivity contribution in [3.8, 4) is 11.8 Å². The molecule has 0 aliphatic carbocycles. The summed E-state index contributed by atoms with van der Waals surface area (Å²) in [6.45, 7) is 0. The van der Waals surface area contributed by atoms with Gasteiger partial charge in [-0.2, -0.15) is 5.26 Å². The van der Waals surface area contributed by atoms with Crippen LogP contribution in [0.3, 0.4) is 0 Å². The molecule has 0 aromatic heterocycles. The molecule has 0 saturated heterocycles. The van der Waals surface area contributed by atoms with Gasteiger partial charge in [-0.3, -0.25) is 9.59 Å². The molecule has 0 atom stereocenters. The van der Waals surface area contributed by atoms with Crippen molar-refractivity contribution in [1.82, 2.24) is 0 Å². The van der Waals surface area contributed by atoms with Crippen molar-refractivity contribution in [2.45, 2.75) is 32.1 Å². The molecule has 0 aliphatic rings. The molecule has 0 saturated carbocycles. The number of aliphatic carboxylic acids is 2. The van der Waals surface area contributed by atoms with E-state index in [0.717, 1.165) is 5.56 Å². The van der Waals surface area contributed by atoms with Crippen LogP contribution in [-0.4, -0.2) is 29.3 Å². The molecule has 6 nitrogen and oxygen atoms in total. The quantitative estimate of drug-likeness (QED) is 0.725. The smallest absolute Gasteiger partial charge is 0.303 e. The predicted molar refractivity (Wildman–Crippen MR) is 78.5 cm³/mol. The Hall–Kier alpha value is -2.55. The lowest BCUT2D eigenvalue weighted by Gasteiger charge is -2.25. The number of hydrogen-bond donors (Lipinski definition) is 2. The number of hydrogen-bond acceptors (Lipinski definition) is 4. The van der Waals surface area contributed by atoms with E-state index >= 15 is 0 Å². The van der Waals surface area contributed by atoms with Crippen LogP contribution < -0.4 is 4.74 Å². The van der Waals surface area contributed by atoms with E-state index in [1.807, 2.05) is 6.07 Å². The van der Waals surface area contributed by atoms with Crippen LogP contribution in [0.15, 0.2) is 24.3 Å². The third-order valence-electron chi connectivity index (χ3n) is 3.55. The first kappa shape index (κ1) is 17.5. The maximum absolute atomic E-state index is 10.8. The number of nitrogens with zero attached hydrogens (tertiary/aromatic N) is 1. The van der Waals surface area contributed by atoms with Gasteiger partial charge in [0.1, 0.15) is 5.75 Å². The van der Waals surface area contributed by atoms with Crippen molar-refractivity contribution >= 4 is 11.9 Å². The first-order chi connectivity index (χ1) is 10.4. The highest BCUT2D eigenvalue weighted by Crippen LogP contribution is 2.34. The zero-order valence-electron chi connectivity index (χ0n) is 12.4. The van der Waals surface area contributed by atoms with Gasteiger partial charge in [0.25, 0.3) is 0 Å². The second kappa shape index (κ2) is 8.03. The first-order valence-corrected chi connectivity index (χ1v) is 6.88. The maximum atomic E-state index is 10.8. The number of ether oxygens (including phenoxy) is 1. The summed E-state index contributed by atoms with van der Waals surface area (Å²) in [7, 11) is 1.53. The van der Waals surface area contributed by atoms with E-state index in [1.165, 1.54) is 7.11 Å². The summed E-state index contributed by atoms with van der Waals surface area (Å²) in [4.78, 5) is 21.6. The molecule has 0 unspecified atom stereocenters. The average molecular weight is 305 g/mol. The molecule has 6 heteroatoms. The number of rotatable bonds is 9. The Morgan fingerprint density at radius 2 is 1.82 bits per heavy atom. The molecule has 0 bridgehead atoms. The number of nitriles is 1. The molecule has 1 aromatic rings. The van der Waals surface area contributed by atoms with Gasteiger partial charge in [-0.25, -0.2) is 0 Å². The molecular weight excluding hydrogens is 286 g/mol. The van der Waals surface area contributed by atoms with Crippen LogP contribution in [0.2, 0.25) is 0 Å². The third-order valence-corrected chi connectivity index (χ3v) is 3.55. The van der Waals surface area contributed by atoms with Crippen LogP contribution in [0.4, 0.5) is 0 Å². The van der Waals surface area contributed by atoms with Crippen molar-refractivity contribution in [2.75, 3.05) is 7.11 Å². The van der Waals surface area contributed by atoms with Crippen molar-refractivity contribution < 1.29 is 24.5 Å². The van der Waals surface area contributed by atoms with Crippen LogP contribution in [0, 0.1) is 16.7 Å². The van der Waals surface area contributed by atoms with E-state index in [2.05, 4.69) is 6.07 Å². The highest BCUT2D eigenvalue weighted by atomic mass is 16.5. The van der Waals surface area contributed by atoms with Gasteiger partial charge in [0.15, 0.2) is 0 Å². The Morgan fingerprint density at radius 3 is 2.27 bits per heavy atom. The number of carbonyl (C=O) groups is 2. The fourth-order valence-electron chi connectivity index (χ4n) is 2.32. The summed E-state index contributed by atoms with van der Waals surface area (Å²) in [5.74, 6) is -1.36. The second-order valence-corrected chi connectivity index (χ2v) is 5.21. The first-order valence-electron chi connectivity index (χ1n) is 6.88. The zero-order chi connectivity index (χ0) is 16.6. The highest BCUT2D eigenvalue weighted by molar-refractivity contribution is 5.67. The van der Waals surface area contributed by atoms with Crippen LogP contribution >= 0.6 is 0 Å². The Kier molecular flexibility index (Phi) is 6.39. The lowest BCUT2D eigenvalue weighted by atomic mass is 9.75. The van der Waals surface area contributed by atoms with Crippen molar-refractivity contribution in [1.29, 1.82) is 5.26 Å². The molecule has 2 N–H and O–H groups in total. The van der Waals surface area contributed by atoms with Gasteiger partial charge in [0.2, 0.25) is 0 Å². The van der Waals surface area contributed by atoms with Gasteiger partial charge in [-0.15, -0.1) is 0 Å². The van der Waals surface area contributed by atoms with E-state index in [4.69, 9.17) is 14.9 Å². The minimum absolute atomic E-state index is 0.114. The second-order valence-electron chi connectivity index (χ2n) is 5.21. The summed E-state index contributed by atoms with van der Waals surface area (Å²) in [5.41, 5.74) is -0.194. The van der Waals surface area contributed by atoms with E-state index in [9.17, 15) is 14.9 Å². The average Bonchev–Trinajstić information content (AvgIpc) is 2.50. The van der Waals surface area contributed by atoms with Crippen molar-refractivity contribution in [3.05, 3.63) is 29.8 Å². The standard InChI is InChI=1S/C16H19NO5/c1-22-13-4-2-3-12(9-13)10-16(11-17,7-5-14(18)19)8-6-15(20)21/h2-4,9H,5-8,10H2,1H3,(H,18,19)(H,20,21). The monoisotopic (exact) mass is 305 g/mol. The topological polar surface area (TPSA) is 108 Å². The van der Waals surface area contributed by atoms with Crippen LogP contribution in [0.1, 0.15) is 31.2 Å². The van der Waals surface area contributed by atoms with Gasteiger partial charge in [0, 0.05) is 12.8 Å². The van der Waals surface area contributed by atoms with Crippen LogP contribution in [-0.2, 0) is 16.0 Å². The van der Waals surface area contributed by atoms with E-state index in [-0.39, 0.29) is 25.7 Å². The van der Waals surface area contributed by atoms with Crippen LogP contribution in [0.5, 0.6) is 5.75 Å². The largest absolute Gasteiger partial charge is 0.497 e. The highest BCUT2D eigenvalue weighted by Gasteiger charge is 2.31. The Bertz CT molecular complexity index is 558. The fraction of sp³-hybridized carbons (Fsp3) is 0.438. The predicted octanol–water partition coefficient (Wildman–Crippen LogP) is 2.48. The Balaban J connectivity index is 2.98. The molecule has 118 valence electrons. The molecule has 0 amide bonds. The molecule has 0 heterocycles. The lowest BCUT2D eigenvalue weighted by molar-refractivity contribution is -0.137. The summed E-state index contributed by atoms with van der Waals surface area (Å²) in [6, 6.07) is 9.28. The molecule has 22 heavy (non-hydrogen) atoms. The zero-order valence-corrected chi connectivity index (χ0v) is 12.4. The molecule has 1 aromatic carbocycles. The maximum Gasteiger partial charge on any atom is 0.303 e. The van der Waals surface area contributed by atoms with E-state index in [0.29, 0.717) is 12.2 Å². The molecule has 1 rings (SSSR count). The van der Waals surface area contributed by atoms with Gasteiger partial charge in [0.05, 0.1) is 18.6 Å². The minimum atomic E-state index is -1.01. The van der Waals surface area contributed by atoms with Gasteiger partial charge >= 0.3 is 11.9 Å². The summed E-state index contributed by atoms with van der Waals surface area (Å²) in [5, 5.41) is 27.2. The van der Waals surface area contributed by atoms with E-state index < -0.39 is 17.4 Å². The lowest BCUT2D eigenvalue weighted by Crippen LogP contribution is -2.24. The Morgan fingerprint density at radius 1 is 1.23 bits per heavy atom. The number of methoxy groups -OCH3 is 1. The molecular formula is C16H19NO5. The minimum Gasteiger partial charge on any atom is -0.497 e. The summed E-state index contributed by atoms with van der Waals surface area (Å²) in [6.07, 6.45) is 0.183. The summed E-state index contributed by atoms with van der Waals surface area (Å²) < 4.78 is 5.13. The molecule has 0 aliphatic heterocycles. The van der Waals surface area contributed by atoms with E-state index in [1.54, 1.807) is 18.2 Å². The van der Waals surface area contributed by atoms with Crippen molar-refractivity contribution in [2.24, 2.45) is 5.41 Å². The third kappa shape index (κ3) is 5.44. The van der Waals surface area contributed by atoms with Crippen LogP contribution in [0.25, 0.3) is 0 Å². The van der Waals surface area contributed by atoms with Crippen molar-refractivity contribution in [3.63, 3.8) is 0 Å². The number of benzene rings is 1. The molecule has 0 radical (unpaired) electrons. The normalized spacial score (nSPS) is 10.7. The summed E-state index contributed by atoms with van der Waals surface area (Å²) >= 11 is 0. The number of carboxylic acid groups (broad SMARTS) is 2. The molecule has 0 spiro atoms. The van der Waals surface area contributed by atoms with Gasteiger partial charge in [-0.05, 0) is 37.0 Å². The SMILES string of the molecule is COc1cccc(CC(C#N)(CCC(=O)O)CCC(=O)O)c1. The van der Waals surface area contributed by atoms with Gasteiger partial charge < -0.3 is 14.9 Å². The fourth-order valence-corrected chi connectivity index (χ4v) is 2.32. The molecule has 0 fully saturated rings. The number of carboxylic acids is 2.